The highest BCUT2D eigenvalue weighted by Gasteiger charge is 2.36. The number of benzene rings is 1. The summed E-state index contributed by atoms with van der Waals surface area (Å²) in [6.45, 7) is 1.76. The number of carboxylic acid groups (broad SMARTS) is 1. The SMILES string of the molecule is CC(CC(=O)NC(CC(F)(F)F)C(=O)O)Cc1ccc(Cl)cc1. The van der Waals surface area contributed by atoms with Crippen LogP contribution in [0.1, 0.15) is 25.3 Å². The van der Waals surface area contributed by atoms with Crippen molar-refractivity contribution in [3.8, 4) is 0 Å². The molecule has 1 rings (SSSR count). The van der Waals surface area contributed by atoms with Crippen molar-refractivity contribution in [1.82, 2.24) is 5.32 Å². The molecule has 0 fully saturated rings. The van der Waals surface area contributed by atoms with Gasteiger partial charge in [-0.2, -0.15) is 13.2 Å². The number of carbonyl (C=O) groups is 2. The average Bonchev–Trinajstić information content (AvgIpc) is 2.38. The van der Waals surface area contributed by atoms with Crippen LogP contribution in [0.25, 0.3) is 0 Å². The lowest BCUT2D eigenvalue weighted by Gasteiger charge is -2.18. The highest BCUT2D eigenvalue weighted by atomic mass is 35.5. The standard InChI is InChI=1S/C15H17ClF3NO3/c1-9(6-10-2-4-11(16)5-3-10)7-13(21)20-12(14(22)23)8-15(17,18)19/h2-5,9,12H,6-8H2,1H3,(H,20,21)(H,22,23). The predicted octanol–water partition coefficient (Wildman–Crippen LogP) is 3.43. The smallest absolute Gasteiger partial charge is 0.391 e. The fourth-order valence-electron chi connectivity index (χ4n) is 2.10. The maximum atomic E-state index is 12.3. The zero-order valence-corrected chi connectivity index (χ0v) is 13.1. The van der Waals surface area contributed by atoms with Gasteiger partial charge in [0.1, 0.15) is 6.04 Å². The molecule has 0 aliphatic carbocycles. The molecule has 0 aliphatic heterocycles. The van der Waals surface area contributed by atoms with Crippen LogP contribution >= 0.6 is 11.6 Å². The lowest BCUT2D eigenvalue weighted by molar-refractivity contribution is -0.160. The van der Waals surface area contributed by atoms with Gasteiger partial charge in [0, 0.05) is 11.4 Å². The van der Waals surface area contributed by atoms with E-state index >= 15 is 0 Å². The molecule has 0 saturated carbocycles. The molecule has 1 aromatic rings. The number of hydrogen-bond acceptors (Lipinski definition) is 2. The van der Waals surface area contributed by atoms with Gasteiger partial charge in [-0.3, -0.25) is 4.79 Å². The Kier molecular flexibility index (Phi) is 6.87. The first-order valence-electron chi connectivity index (χ1n) is 6.90. The minimum Gasteiger partial charge on any atom is -0.480 e. The summed E-state index contributed by atoms with van der Waals surface area (Å²) < 4.78 is 36.8. The summed E-state index contributed by atoms with van der Waals surface area (Å²) in [5.74, 6) is -2.58. The molecule has 0 spiro atoms. The molecule has 8 heteroatoms. The van der Waals surface area contributed by atoms with E-state index in [1.165, 1.54) is 0 Å². The molecule has 0 aliphatic rings. The fraction of sp³-hybridized carbons (Fsp3) is 0.467. The number of rotatable bonds is 7. The van der Waals surface area contributed by atoms with E-state index < -0.39 is 30.5 Å². The molecule has 0 heterocycles. The Morgan fingerprint density at radius 1 is 1.26 bits per heavy atom. The molecular weight excluding hydrogens is 335 g/mol. The molecule has 2 unspecified atom stereocenters. The van der Waals surface area contributed by atoms with Crippen LogP contribution in [0, 0.1) is 5.92 Å². The van der Waals surface area contributed by atoms with E-state index in [1.807, 2.05) is 5.32 Å². The van der Waals surface area contributed by atoms with E-state index in [2.05, 4.69) is 0 Å². The number of carboxylic acids is 1. The molecule has 2 atom stereocenters. The second-order valence-electron chi connectivity index (χ2n) is 5.42. The van der Waals surface area contributed by atoms with Gasteiger partial charge in [-0.05, 0) is 30.0 Å². The number of alkyl halides is 3. The highest BCUT2D eigenvalue weighted by Crippen LogP contribution is 2.22. The van der Waals surface area contributed by atoms with Crippen LogP contribution < -0.4 is 5.32 Å². The van der Waals surface area contributed by atoms with E-state index in [4.69, 9.17) is 16.7 Å². The lowest BCUT2D eigenvalue weighted by Crippen LogP contribution is -2.44. The summed E-state index contributed by atoms with van der Waals surface area (Å²) >= 11 is 5.76. The van der Waals surface area contributed by atoms with Crippen molar-refractivity contribution in [3.05, 3.63) is 34.9 Å². The highest BCUT2D eigenvalue weighted by molar-refractivity contribution is 6.30. The van der Waals surface area contributed by atoms with Gasteiger partial charge in [-0.15, -0.1) is 0 Å². The largest absolute Gasteiger partial charge is 0.480 e. The molecule has 1 amide bonds. The van der Waals surface area contributed by atoms with Gasteiger partial charge in [0.25, 0.3) is 0 Å². The van der Waals surface area contributed by atoms with E-state index in [9.17, 15) is 22.8 Å². The van der Waals surface area contributed by atoms with Gasteiger partial charge >= 0.3 is 12.1 Å². The van der Waals surface area contributed by atoms with Crippen LogP contribution in [-0.4, -0.2) is 29.2 Å². The summed E-state index contributed by atoms with van der Waals surface area (Å²) in [5, 5.41) is 11.3. The number of carbonyl (C=O) groups excluding carboxylic acids is 1. The van der Waals surface area contributed by atoms with Gasteiger partial charge < -0.3 is 10.4 Å². The van der Waals surface area contributed by atoms with Crippen LogP contribution in [-0.2, 0) is 16.0 Å². The number of halogens is 4. The van der Waals surface area contributed by atoms with Crippen molar-refractivity contribution < 1.29 is 27.9 Å². The topological polar surface area (TPSA) is 66.4 Å². The molecular formula is C15H17ClF3NO3. The summed E-state index contributed by atoms with van der Waals surface area (Å²) in [7, 11) is 0. The summed E-state index contributed by atoms with van der Waals surface area (Å²) in [4.78, 5) is 22.5. The maximum Gasteiger partial charge on any atom is 0.391 e. The molecule has 1 aromatic carbocycles. The first-order chi connectivity index (χ1) is 10.6. The molecule has 0 bridgehead atoms. The summed E-state index contributed by atoms with van der Waals surface area (Å²) in [6.07, 6.45) is -5.79. The average molecular weight is 352 g/mol. The monoisotopic (exact) mass is 351 g/mol. The Hall–Kier alpha value is -1.76. The number of nitrogens with one attached hydrogen (secondary N) is 1. The first kappa shape index (κ1) is 19.3. The zero-order valence-electron chi connectivity index (χ0n) is 12.4. The van der Waals surface area contributed by atoms with Gasteiger partial charge in [-0.1, -0.05) is 30.7 Å². The molecule has 0 aromatic heterocycles. The Labute approximate surface area is 136 Å². The van der Waals surface area contributed by atoms with E-state index in [-0.39, 0.29) is 12.3 Å². The quantitative estimate of drug-likeness (QED) is 0.791. The summed E-state index contributed by atoms with van der Waals surface area (Å²) in [5.41, 5.74) is 0.930. The van der Waals surface area contributed by atoms with Crippen LogP contribution in [0.5, 0.6) is 0 Å². The third-order valence-corrected chi connectivity index (χ3v) is 3.35. The lowest BCUT2D eigenvalue weighted by atomic mass is 9.97. The normalized spacial score (nSPS) is 14.1. The fourth-order valence-corrected chi connectivity index (χ4v) is 2.22. The Bertz CT molecular complexity index is 546. The first-order valence-corrected chi connectivity index (χ1v) is 7.28. The minimum atomic E-state index is -4.66. The van der Waals surface area contributed by atoms with Crippen molar-refractivity contribution in [3.63, 3.8) is 0 Å². The molecule has 0 radical (unpaired) electrons. The minimum absolute atomic E-state index is 0.0652. The number of hydrogen-bond donors (Lipinski definition) is 2. The number of aliphatic carboxylic acids is 1. The molecule has 23 heavy (non-hydrogen) atoms. The van der Waals surface area contributed by atoms with E-state index in [0.717, 1.165) is 5.56 Å². The molecule has 2 N–H and O–H groups in total. The third kappa shape index (κ3) is 7.88. The van der Waals surface area contributed by atoms with Gasteiger partial charge in [0.05, 0.1) is 6.42 Å². The second kappa shape index (κ2) is 8.19. The van der Waals surface area contributed by atoms with Crippen LogP contribution in [0.15, 0.2) is 24.3 Å². The van der Waals surface area contributed by atoms with Crippen LogP contribution in [0.4, 0.5) is 13.2 Å². The number of amides is 1. The van der Waals surface area contributed by atoms with E-state index in [0.29, 0.717) is 11.4 Å². The Balaban J connectivity index is 2.53. The van der Waals surface area contributed by atoms with Gasteiger partial charge in [0.15, 0.2) is 0 Å². The third-order valence-electron chi connectivity index (χ3n) is 3.10. The maximum absolute atomic E-state index is 12.3. The summed E-state index contributed by atoms with van der Waals surface area (Å²) in [6, 6.07) is 5.02. The van der Waals surface area contributed by atoms with Crippen LogP contribution in [0.2, 0.25) is 5.02 Å². The van der Waals surface area contributed by atoms with Crippen molar-refractivity contribution in [2.45, 2.75) is 38.4 Å². The van der Waals surface area contributed by atoms with Crippen LogP contribution in [0.3, 0.4) is 0 Å². The van der Waals surface area contributed by atoms with Crippen molar-refractivity contribution in [2.24, 2.45) is 5.92 Å². The van der Waals surface area contributed by atoms with Gasteiger partial charge in [-0.25, -0.2) is 4.79 Å². The van der Waals surface area contributed by atoms with Gasteiger partial charge in [0.2, 0.25) is 5.91 Å². The van der Waals surface area contributed by atoms with Crippen molar-refractivity contribution in [1.29, 1.82) is 0 Å². The van der Waals surface area contributed by atoms with E-state index in [1.54, 1.807) is 31.2 Å². The Morgan fingerprint density at radius 3 is 2.30 bits per heavy atom. The second-order valence-corrected chi connectivity index (χ2v) is 5.85. The zero-order chi connectivity index (χ0) is 17.6. The molecule has 4 nitrogen and oxygen atoms in total. The predicted molar refractivity (Wildman–Crippen MR) is 79.2 cm³/mol. The Morgan fingerprint density at radius 2 is 1.83 bits per heavy atom. The molecule has 0 saturated heterocycles. The van der Waals surface area contributed by atoms with Crippen molar-refractivity contribution in [2.75, 3.05) is 0 Å². The van der Waals surface area contributed by atoms with Crippen molar-refractivity contribution >= 4 is 23.5 Å². The molecule has 128 valence electrons.